The van der Waals surface area contributed by atoms with Crippen LogP contribution in [0.15, 0.2) is 16.4 Å². The van der Waals surface area contributed by atoms with Crippen LogP contribution < -0.4 is 0 Å². The summed E-state index contributed by atoms with van der Waals surface area (Å²) >= 11 is 0.0216. The topological polar surface area (TPSA) is 54.3 Å². The second kappa shape index (κ2) is 5.09. The van der Waals surface area contributed by atoms with Crippen LogP contribution in [0.5, 0.6) is 0 Å². The van der Waals surface area contributed by atoms with Gasteiger partial charge in [0, 0.05) is 0 Å². The van der Waals surface area contributed by atoms with Crippen LogP contribution in [0, 0.1) is 6.92 Å². The van der Waals surface area contributed by atoms with E-state index in [2.05, 4.69) is 15.1 Å². The Morgan fingerprint density at radius 1 is 1.53 bits per heavy atom. The number of carbonyl (C=O) groups excluding carboxylic acids is 1. The Balaban J connectivity index is 2.91. The van der Waals surface area contributed by atoms with Gasteiger partial charge in [0.15, 0.2) is 0 Å². The van der Waals surface area contributed by atoms with Gasteiger partial charge in [-0.3, -0.25) is 0 Å². The molecule has 1 rings (SSSR count). The summed E-state index contributed by atoms with van der Waals surface area (Å²) in [5.41, 5.74) is 0.768. The molecule has 0 bridgehead atoms. The van der Waals surface area contributed by atoms with E-state index in [4.69, 9.17) is 0 Å². The maximum absolute atomic E-state index is 11.3. The van der Waals surface area contributed by atoms with Crippen LogP contribution in [0.3, 0.4) is 0 Å². The molecule has 0 aromatic carbocycles. The molecule has 0 aliphatic rings. The minimum atomic E-state index is -0.274. The van der Waals surface area contributed by atoms with Crippen LogP contribution in [0.1, 0.15) is 13.7 Å². The number of hydrogen-bond donors (Lipinski definition) is 0. The number of aryl methyl sites for hydroxylation is 1. The van der Waals surface area contributed by atoms with Gasteiger partial charge in [0.25, 0.3) is 0 Å². The number of hydrogen-bond acceptors (Lipinski definition) is 4. The van der Waals surface area contributed by atoms with Crippen molar-refractivity contribution in [2.24, 2.45) is 10.3 Å². The molecule has 0 fully saturated rings. The van der Waals surface area contributed by atoms with Crippen molar-refractivity contribution in [3.8, 4) is 0 Å². The summed E-state index contributed by atoms with van der Waals surface area (Å²) in [7, 11) is 4.97. The second-order valence-corrected chi connectivity index (χ2v) is 5.72. The molecular formula is C9H13N3O2Se. The first-order valence-electron chi connectivity index (χ1n) is 4.32. The first-order valence-corrected chi connectivity index (χ1v) is 6.03. The van der Waals surface area contributed by atoms with Gasteiger partial charge in [-0.1, -0.05) is 0 Å². The summed E-state index contributed by atoms with van der Waals surface area (Å²) in [6, 6.07) is 1.74. The molecule has 0 aliphatic heterocycles. The Morgan fingerprint density at radius 3 is 2.73 bits per heavy atom. The van der Waals surface area contributed by atoms with Crippen molar-refractivity contribution in [3.63, 3.8) is 0 Å². The van der Waals surface area contributed by atoms with Crippen LogP contribution in [-0.2, 0) is 4.74 Å². The molecule has 0 saturated carbocycles. The summed E-state index contributed by atoms with van der Waals surface area (Å²) in [6.07, 6.45) is 0. The molecule has 0 saturated heterocycles. The molecule has 0 N–H and O–H groups in total. The molecule has 0 amide bonds. The molecule has 1 aromatic heterocycles. The fraction of sp³-hybridized carbons (Fsp3) is 0.444. The van der Waals surface area contributed by atoms with Gasteiger partial charge in [-0.15, -0.1) is 0 Å². The molecule has 6 heteroatoms. The Morgan fingerprint density at radius 2 is 2.20 bits per heavy atom. The zero-order valence-electron chi connectivity index (χ0n) is 9.14. The van der Waals surface area contributed by atoms with Gasteiger partial charge in [-0.25, -0.2) is 0 Å². The Kier molecular flexibility index (Phi) is 4.05. The summed E-state index contributed by atoms with van der Waals surface area (Å²) in [4.78, 5) is 11.3. The molecule has 0 aliphatic carbocycles. The van der Waals surface area contributed by atoms with Crippen molar-refractivity contribution < 1.29 is 9.53 Å². The van der Waals surface area contributed by atoms with Gasteiger partial charge in [-0.05, 0) is 0 Å². The third-order valence-corrected chi connectivity index (χ3v) is 3.75. The molecule has 0 unspecified atom stereocenters. The molecule has 0 atom stereocenters. The maximum atomic E-state index is 11.3. The second-order valence-electron chi connectivity index (χ2n) is 3.08. The number of esters is 1. The minimum absolute atomic E-state index is 0.0216. The molecule has 0 radical (unpaired) electrons. The van der Waals surface area contributed by atoms with Crippen molar-refractivity contribution in [3.05, 3.63) is 14.9 Å². The van der Waals surface area contributed by atoms with Crippen molar-refractivity contribution >= 4 is 26.2 Å². The van der Waals surface area contributed by atoms with Crippen LogP contribution >= 0.6 is 0 Å². The fourth-order valence-corrected chi connectivity index (χ4v) is 2.74. The van der Waals surface area contributed by atoms with Gasteiger partial charge >= 0.3 is 94.1 Å². The van der Waals surface area contributed by atoms with Gasteiger partial charge in [-0.2, -0.15) is 0 Å². The molecule has 1 heterocycles. The Labute approximate surface area is 94.5 Å². The van der Waals surface area contributed by atoms with Crippen molar-refractivity contribution in [2.45, 2.75) is 6.92 Å². The third-order valence-electron chi connectivity index (χ3n) is 1.61. The van der Waals surface area contributed by atoms with Crippen LogP contribution in [-0.4, -0.2) is 46.7 Å². The first-order chi connectivity index (χ1) is 7.04. The van der Waals surface area contributed by atoms with Gasteiger partial charge in [0.2, 0.25) is 0 Å². The van der Waals surface area contributed by atoms with Crippen molar-refractivity contribution in [1.82, 2.24) is 5.01 Å². The van der Waals surface area contributed by atoms with Crippen molar-refractivity contribution in [1.29, 1.82) is 0 Å². The number of nitrogens with zero attached hydrogens (tertiary/aromatic N) is 3. The van der Waals surface area contributed by atoms with E-state index in [0.29, 0.717) is 4.44 Å². The molecule has 5 nitrogen and oxygen atoms in total. The molecular weight excluding hydrogens is 261 g/mol. The van der Waals surface area contributed by atoms with E-state index in [1.165, 1.54) is 7.11 Å². The standard InChI is InChI=1S/C9H13N3O2Se/c1-6-7(10-11-12(2)3)5-8(15-6)9(13)14-4/h5H,1-4H3. The predicted octanol–water partition coefficient (Wildman–Crippen LogP) is 1.40. The zero-order chi connectivity index (χ0) is 11.4. The first kappa shape index (κ1) is 11.9. The normalized spacial score (nSPS) is 10.7. The zero-order valence-corrected chi connectivity index (χ0v) is 10.9. The molecule has 1 aromatic rings. The SMILES string of the molecule is COC(=O)c1cc(N=NN(C)C)c(C)[se]1. The molecule has 15 heavy (non-hydrogen) atoms. The predicted molar refractivity (Wildman–Crippen MR) is 57.7 cm³/mol. The number of rotatable bonds is 3. The summed E-state index contributed by atoms with van der Waals surface area (Å²) in [5, 5.41) is 9.53. The van der Waals surface area contributed by atoms with E-state index < -0.39 is 0 Å². The van der Waals surface area contributed by atoms with Gasteiger partial charge in [0.1, 0.15) is 0 Å². The van der Waals surface area contributed by atoms with Crippen LogP contribution in [0.25, 0.3) is 0 Å². The van der Waals surface area contributed by atoms with E-state index in [-0.39, 0.29) is 20.5 Å². The van der Waals surface area contributed by atoms with Crippen LogP contribution in [0.2, 0.25) is 0 Å². The van der Waals surface area contributed by atoms with E-state index in [1.54, 1.807) is 25.2 Å². The quantitative estimate of drug-likeness (QED) is 0.362. The van der Waals surface area contributed by atoms with Gasteiger partial charge in [0.05, 0.1) is 0 Å². The number of methoxy groups -OCH3 is 1. The fourth-order valence-electron chi connectivity index (χ4n) is 0.911. The Hall–Kier alpha value is -1.13. The average molecular weight is 274 g/mol. The van der Waals surface area contributed by atoms with Crippen molar-refractivity contribution in [2.75, 3.05) is 21.2 Å². The summed E-state index contributed by atoms with van der Waals surface area (Å²) < 4.78 is 6.44. The number of carbonyl (C=O) groups is 1. The third kappa shape index (κ3) is 3.18. The molecule has 0 spiro atoms. The van der Waals surface area contributed by atoms with Crippen LogP contribution in [0.4, 0.5) is 5.69 Å². The average Bonchev–Trinajstić information content (AvgIpc) is 2.55. The molecule has 82 valence electrons. The van der Waals surface area contributed by atoms with E-state index in [1.807, 2.05) is 6.92 Å². The Bertz CT molecular complexity index is 385. The monoisotopic (exact) mass is 275 g/mol. The van der Waals surface area contributed by atoms with E-state index >= 15 is 0 Å². The number of ether oxygens (including phenoxy) is 1. The van der Waals surface area contributed by atoms with E-state index in [9.17, 15) is 4.79 Å². The van der Waals surface area contributed by atoms with E-state index in [0.717, 1.165) is 10.1 Å². The summed E-state index contributed by atoms with van der Waals surface area (Å²) in [5.74, 6) is -0.274. The summed E-state index contributed by atoms with van der Waals surface area (Å²) in [6.45, 7) is 1.95. The van der Waals surface area contributed by atoms with Gasteiger partial charge < -0.3 is 0 Å².